The van der Waals surface area contributed by atoms with Gasteiger partial charge in [0.25, 0.3) is 5.91 Å². The molecule has 5 rings (SSSR count). The van der Waals surface area contributed by atoms with Crippen LogP contribution in [0, 0.1) is 6.92 Å². The molecule has 154 valence electrons. The van der Waals surface area contributed by atoms with Crippen LogP contribution in [0.3, 0.4) is 0 Å². The van der Waals surface area contributed by atoms with E-state index in [1.54, 1.807) is 26.3 Å². The zero-order chi connectivity index (χ0) is 20.7. The van der Waals surface area contributed by atoms with E-state index in [-0.39, 0.29) is 11.3 Å². The SMILES string of the molecule is COc1cncc(-c2ccc3c(c2)C2(CCOCC2)CN3C(=O)c2cc(C)on2)c1. The number of benzene rings is 1. The molecule has 2 aliphatic rings. The normalized spacial score (nSPS) is 17.2. The molecule has 7 heteroatoms. The molecule has 0 N–H and O–H groups in total. The van der Waals surface area contributed by atoms with Crippen molar-refractivity contribution in [3.05, 3.63) is 59.7 Å². The number of hydrogen-bond donors (Lipinski definition) is 0. The number of ether oxygens (including phenoxy) is 2. The maximum absolute atomic E-state index is 13.2. The number of aromatic nitrogens is 2. The van der Waals surface area contributed by atoms with E-state index in [9.17, 15) is 4.79 Å². The molecule has 1 aromatic carbocycles. The second-order valence-corrected chi connectivity index (χ2v) is 7.95. The molecular weight excluding hydrogens is 382 g/mol. The number of rotatable bonds is 3. The highest BCUT2D eigenvalue weighted by Gasteiger charge is 2.46. The second-order valence-electron chi connectivity index (χ2n) is 7.95. The van der Waals surface area contributed by atoms with Crippen LogP contribution in [0.5, 0.6) is 5.75 Å². The summed E-state index contributed by atoms with van der Waals surface area (Å²) in [5.41, 5.74) is 4.36. The van der Waals surface area contributed by atoms with Gasteiger partial charge in [0.1, 0.15) is 11.5 Å². The van der Waals surface area contributed by atoms with Gasteiger partial charge in [-0.3, -0.25) is 9.78 Å². The van der Waals surface area contributed by atoms with Crippen LogP contribution in [0.25, 0.3) is 11.1 Å². The fourth-order valence-corrected chi connectivity index (χ4v) is 4.51. The topological polar surface area (TPSA) is 77.7 Å². The van der Waals surface area contributed by atoms with Gasteiger partial charge in [-0.05, 0) is 49.1 Å². The van der Waals surface area contributed by atoms with Crippen molar-refractivity contribution in [1.82, 2.24) is 10.1 Å². The Balaban J connectivity index is 1.59. The fraction of sp³-hybridized carbons (Fsp3) is 0.348. The van der Waals surface area contributed by atoms with Crippen LogP contribution in [0.15, 0.2) is 47.2 Å². The van der Waals surface area contributed by atoms with Crippen LogP contribution >= 0.6 is 0 Å². The molecule has 30 heavy (non-hydrogen) atoms. The smallest absolute Gasteiger partial charge is 0.280 e. The van der Waals surface area contributed by atoms with E-state index in [0.717, 1.165) is 29.7 Å². The lowest BCUT2D eigenvalue weighted by Gasteiger charge is -2.34. The Morgan fingerprint density at radius 3 is 2.70 bits per heavy atom. The third-order valence-corrected chi connectivity index (χ3v) is 6.14. The zero-order valence-electron chi connectivity index (χ0n) is 17.1. The first-order valence-corrected chi connectivity index (χ1v) is 10.1. The third-order valence-electron chi connectivity index (χ3n) is 6.14. The molecule has 3 aromatic rings. The number of pyridine rings is 1. The molecule has 0 aliphatic carbocycles. The standard InChI is InChI=1S/C23H23N3O4/c1-15-9-20(25-30-15)22(27)26-14-23(5-7-29-8-6-23)19-11-16(3-4-21(19)26)17-10-18(28-2)13-24-12-17/h3-4,9-13H,5-8,14H2,1-2H3. The fourth-order valence-electron chi connectivity index (χ4n) is 4.51. The molecule has 0 radical (unpaired) electrons. The number of amides is 1. The molecular formula is C23H23N3O4. The largest absolute Gasteiger partial charge is 0.495 e. The summed E-state index contributed by atoms with van der Waals surface area (Å²) in [7, 11) is 1.63. The average Bonchev–Trinajstić information content (AvgIpc) is 3.35. The summed E-state index contributed by atoms with van der Waals surface area (Å²) < 4.78 is 16.1. The van der Waals surface area contributed by atoms with Gasteiger partial charge in [-0.25, -0.2) is 0 Å². The Morgan fingerprint density at radius 1 is 1.13 bits per heavy atom. The molecule has 0 atom stereocenters. The van der Waals surface area contributed by atoms with E-state index in [0.29, 0.717) is 37.0 Å². The predicted molar refractivity (Wildman–Crippen MR) is 111 cm³/mol. The molecule has 1 fully saturated rings. The number of nitrogens with zero attached hydrogens (tertiary/aromatic N) is 3. The van der Waals surface area contributed by atoms with Gasteiger partial charge in [-0.2, -0.15) is 0 Å². The Labute approximate surface area is 174 Å². The average molecular weight is 405 g/mol. The zero-order valence-corrected chi connectivity index (χ0v) is 17.1. The lowest BCUT2D eigenvalue weighted by atomic mass is 9.75. The van der Waals surface area contributed by atoms with E-state index in [1.807, 2.05) is 29.3 Å². The first kappa shape index (κ1) is 18.8. The van der Waals surface area contributed by atoms with Crippen LogP contribution < -0.4 is 9.64 Å². The highest BCUT2D eigenvalue weighted by atomic mass is 16.5. The van der Waals surface area contributed by atoms with Crippen molar-refractivity contribution in [2.24, 2.45) is 0 Å². The Bertz CT molecular complexity index is 1100. The maximum atomic E-state index is 13.2. The summed E-state index contributed by atoms with van der Waals surface area (Å²) in [6.07, 6.45) is 5.27. The minimum Gasteiger partial charge on any atom is -0.495 e. The van der Waals surface area contributed by atoms with E-state index >= 15 is 0 Å². The molecule has 1 saturated heterocycles. The van der Waals surface area contributed by atoms with Crippen LogP contribution in [-0.2, 0) is 10.2 Å². The third kappa shape index (κ3) is 3.06. The summed E-state index contributed by atoms with van der Waals surface area (Å²) in [6, 6.07) is 9.91. The number of anilines is 1. The number of fused-ring (bicyclic) bond motifs is 2. The molecule has 1 amide bonds. The van der Waals surface area contributed by atoms with Crippen molar-refractivity contribution >= 4 is 11.6 Å². The van der Waals surface area contributed by atoms with Crippen molar-refractivity contribution in [3.63, 3.8) is 0 Å². The van der Waals surface area contributed by atoms with E-state index in [4.69, 9.17) is 14.0 Å². The van der Waals surface area contributed by atoms with Crippen LogP contribution in [0.4, 0.5) is 5.69 Å². The summed E-state index contributed by atoms with van der Waals surface area (Å²) in [5, 5.41) is 3.94. The summed E-state index contributed by atoms with van der Waals surface area (Å²) in [6.45, 7) is 3.79. The van der Waals surface area contributed by atoms with Crippen molar-refractivity contribution in [2.75, 3.05) is 31.8 Å². The Hall–Kier alpha value is -3.19. The summed E-state index contributed by atoms with van der Waals surface area (Å²) in [4.78, 5) is 19.4. The first-order chi connectivity index (χ1) is 14.6. The number of carbonyl (C=O) groups is 1. The Morgan fingerprint density at radius 2 is 1.97 bits per heavy atom. The van der Waals surface area contributed by atoms with Crippen LogP contribution in [0.1, 0.15) is 34.7 Å². The highest BCUT2D eigenvalue weighted by molar-refractivity contribution is 6.06. The summed E-state index contributed by atoms with van der Waals surface area (Å²) in [5.74, 6) is 1.21. The van der Waals surface area contributed by atoms with E-state index in [1.165, 1.54) is 5.56 Å². The quantitative estimate of drug-likeness (QED) is 0.660. The van der Waals surface area contributed by atoms with Crippen molar-refractivity contribution in [3.8, 4) is 16.9 Å². The first-order valence-electron chi connectivity index (χ1n) is 10.1. The predicted octanol–water partition coefficient (Wildman–Crippen LogP) is 3.76. The van der Waals surface area contributed by atoms with Crippen molar-refractivity contribution in [2.45, 2.75) is 25.2 Å². The van der Waals surface area contributed by atoms with Gasteiger partial charge < -0.3 is 18.9 Å². The van der Waals surface area contributed by atoms with Gasteiger partial charge in [0, 0.05) is 48.7 Å². The second kappa shape index (κ2) is 7.25. The van der Waals surface area contributed by atoms with Gasteiger partial charge in [0.2, 0.25) is 0 Å². The highest BCUT2D eigenvalue weighted by Crippen LogP contribution is 2.48. The molecule has 2 aliphatic heterocycles. The van der Waals surface area contributed by atoms with Gasteiger partial charge in [-0.1, -0.05) is 11.2 Å². The van der Waals surface area contributed by atoms with Crippen molar-refractivity contribution < 1.29 is 18.8 Å². The lowest BCUT2D eigenvalue weighted by Crippen LogP contribution is -2.40. The molecule has 0 bridgehead atoms. The molecule has 0 saturated carbocycles. The van der Waals surface area contributed by atoms with E-state index in [2.05, 4.69) is 16.2 Å². The monoisotopic (exact) mass is 405 g/mol. The van der Waals surface area contributed by atoms with Crippen molar-refractivity contribution in [1.29, 1.82) is 0 Å². The molecule has 0 unspecified atom stereocenters. The number of methoxy groups -OCH3 is 1. The lowest BCUT2D eigenvalue weighted by molar-refractivity contribution is 0.0546. The van der Waals surface area contributed by atoms with Crippen LogP contribution in [0.2, 0.25) is 0 Å². The van der Waals surface area contributed by atoms with E-state index < -0.39 is 0 Å². The molecule has 2 aromatic heterocycles. The number of carbonyl (C=O) groups excluding carboxylic acids is 1. The Kier molecular flexibility index (Phi) is 4.55. The maximum Gasteiger partial charge on any atom is 0.280 e. The molecule has 7 nitrogen and oxygen atoms in total. The van der Waals surface area contributed by atoms with Gasteiger partial charge in [0.05, 0.1) is 13.3 Å². The van der Waals surface area contributed by atoms with Gasteiger partial charge in [-0.15, -0.1) is 0 Å². The summed E-state index contributed by atoms with van der Waals surface area (Å²) >= 11 is 0. The minimum absolute atomic E-state index is 0.121. The minimum atomic E-state index is -0.132. The van der Waals surface area contributed by atoms with Crippen LogP contribution in [-0.4, -0.2) is 42.9 Å². The number of hydrogen-bond acceptors (Lipinski definition) is 6. The molecule has 4 heterocycles. The van der Waals surface area contributed by atoms with Gasteiger partial charge in [0.15, 0.2) is 5.69 Å². The number of aryl methyl sites for hydroxylation is 1. The molecule has 1 spiro atoms. The van der Waals surface area contributed by atoms with Gasteiger partial charge >= 0.3 is 0 Å².